The van der Waals surface area contributed by atoms with E-state index in [-0.39, 0.29) is 5.82 Å². The van der Waals surface area contributed by atoms with E-state index in [1.54, 1.807) is 6.20 Å². The quantitative estimate of drug-likeness (QED) is 0.736. The molecule has 1 fully saturated rings. The molecule has 1 aliphatic rings. The SMILES string of the molecule is Cc1cc(NCc2cccnc2)nc(N2CCN(c3ccc(F)cc3)CC2)n1. The molecule has 3 aromatic rings. The van der Waals surface area contributed by atoms with Gasteiger partial charge >= 0.3 is 0 Å². The lowest BCUT2D eigenvalue weighted by molar-refractivity contribution is 0.623. The molecule has 144 valence electrons. The highest BCUT2D eigenvalue weighted by Gasteiger charge is 2.20. The van der Waals surface area contributed by atoms with E-state index in [9.17, 15) is 4.39 Å². The van der Waals surface area contributed by atoms with Crippen molar-refractivity contribution in [3.63, 3.8) is 0 Å². The fourth-order valence-electron chi connectivity index (χ4n) is 3.30. The van der Waals surface area contributed by atoms with Gasteiger partial charge in [-0.25, -0.2) is 9.37 Å². The first-order chi connectivity index (χ1) is 13.7. The van der Waals surface area contributed by atoms with Gasteiger partial charge in [0.15, 0.2) is 0 Å². The van der Waals surface area contributed by atoms with Crippen LogP contribution in [0, 0.1) is 12.7 Å². The van der Waals surface area contributed by atoms with E-state index in [0.29, 0.717) is 6.54 Å². The second kappa shape index (κ2) is 8.21. The number of hydrogen-bond donors (Lipinski definition) is 1. The summed E-state index contributed by atoms with van der Waals surface area (Å²) >= 11 is 0. The Labute approximate surface area is 164 Å². The summed E-state index contributed by atoms with van der Waals surface area (Å²) in [4.78, 5) is 17.9. The number of pyridine rings is 1. The van der Waals surface area contributed by atoms with E-state index in [1.807, 2.05) is 43.5 Å². The van der Waals surface area contributed by atoms with Crippen molar-refractivity contribution in [1.82, 2.24) is 15.0 Å². The molecule has 4 rings (SSSR count). The molecule has 0 bridgehead atoms. The number of hydrogen-bond acceptors (Lipinski definition) is 6. The molecular weight excluding hydrogens is 355 g/mol. The van der Waals surface area contributed by atoms with Crippen molar-refractivity contribution in [2.45, 2.75) is 13.5 Å². The molecule has 2 aromatic heterocycles. The predicted octanol–water partition coefficient (Wildman–Crippen LogP) is 3.26. The first-order valence-electron chi connectivity index (χ1n) is 9.41. The monoisotopic (exact) mass is 378 g/mol. The average Bonchev–Trinajstić information content (AvgIpc) is 2.73. The van der Waals surface area contributed by atoms with Crippen molar-refractivity contribution >= 4 is 17.5 Å². The maximum absolute atomic E-state index is 13.1. The Morgan fingerprint density at radius 1 is 1.00 bits per heavy atom. The van der Waals surface area contributed by atoms with Crippen molar-refractivity contribution in [1.29, 1.82) is 0 Å². The Morgan fingerprint density at radius 2 is 1.75 bits per heavy atom. The van der Waals surface area contributed by atoms with Crippen LogP contribution < -0.4 is 15.1 Å². The Morgan fingerprint density at radius 3 is 2.46 bits per heavy atom. The van der Waals surface area contributed by atoms with Gasteiger partial charge in [0.05, 0.1) is 0 Å². The van der Waals surface area contributed by atoms with Crippen LogP contribution >= 0.6 is 0 Å². The van der Waals surface area contributed by atoms with Gasteiger partial charge < -0.3 is 15.1 Å². The molecule has 6 nitrogen and oxygen atoms in total. The van der Waals surface area contributed by atoms with E-state index < -0.39 is 0 Å². The molecule has 0 spiro atoms. The summed E-state index contributed by atoms with van der Waals surface area (Å²) in [5.41, 5.74) is 3.08. The van der Waals surface area contributed by atoms with Gasteiger partial charge in [0.1, 0.15) is 11.6 Å². The zero-order chi connectivity index (χ0) is 19.3. The van der Waals surface area contributed by atoms with E-state index in [2.05, 4.69) is 25.1 Å². The Balaban J connectivity index is 1.40. The Kier molecular flexibility index (Phi) is 5.32. The van der Waals surface area contributed by atoms with Gasteiger partial charge in [0.2, 0.25) is 5.95 Å². The summed E-state index contributed by atoms with van der Waals surface area (Å²) < 4.78 is 13.1. The van der Waals surface area contributed by atoms with Crippen LogP contribution in [-0.4, -0.2) is 41.1 Å². The molecular formula is C21H23FN6. The van der Waals surface area contributed by atoms with Gasteiger partial charge in [-0.3, -0.25) is 4.98 Å². The second-order valence-electron chi connectivity index (χ2n) is 6.86. The zero-order valence-corrected chi connectivity index (χ0v) is 15.8. The van der Waals surface area contributed by atoms with Crippen LogP contribution in [0.15, 0.2) is 54.9 Å². The van der Waals surface area contributed by atoms with Crippen LogP contribution in [0.25, 0.3) is 0 Å². The molecule has 0 aliphatic carbocycles. The van der Waals surface area contributed by atoms with Gasteiger partial charge in [-0.05, 0) is 42.8 Å². The van der Waals surface area contributed by atoms with Gasteiger partial charge in [-0.1, -0.05) is 6.07 Å². The smallest absolute Gasteiger partial charge is 0.227 e. The first-order valence-corrected chi connectivity index (χ1v) is 9.41. The Hall–Kier alpha value is -3.22. The van der Waals surface area contributed by atoms with Gasteiger partial charge in [0, 0.05) is 62.6 Å². The molecule has 0 atom stereocenters. The Bertz CT molecular complexity index is 908. The van der Waals surface area contributed by atoms with Crippen LogP contribution in [0.4, 0.5) is 21.8 Å². The fraction of sp³-hybridized carbons (Fsp3) is 0.286. The third kappa shape index (κ3) is 4.36. The number of nitrogens with one attached hydrogen (secondary N) is 1. The lowest BCUT2D eigenvalue weighted by Gasteiger charge is -2.36. The number of aryl methyl sites for hydroxylation is 1. The largest absolute Gasteiger partial charge is 0.368 e. The number of nitrogens with zero attached hydrogens (tertiary/aromatic N) is 5. The fourth-order valence-corrected chi connectivity index (χ4v) is 3.30. The van der Waals surface area contributed by atoms with E-state index in [4.69, 9.17) is 4.98 Å². The number of piperazine rings is 1. The maximum atomic E-state index is 13.1. The van der Waals surface area contributed by atoms with E-state index in [0.717, 1.165) is 54.9 Å². The minimum Gasteiger partial charge on any atom is -0.368 e. The standard InChI is InChI=1S/C21H23FN6/c1-16-13-20(24-15-17-3-2-8-23-14-17)26-21(25-16)28-11-9-27(10-12-28)19-6-4-18(22)5-7-19/h2-8,13-14H,9-12,15H2,1H3,(H,24,25,26). The number of aromatic nitrogens is 3. The van der Waals surface area contributed by atoms with Crippen molar-refractivity contribution in [3.8, 4) is 0 Å². The van der Waals surface area contributed by atoms with Crippen molar-refractivity contribution in [2.24, 2.45) is 0 Å². The maximum Gasteiger partial charge on any atom is 0.227 e. The molecule has 3 heterocycles. The third-order valence-electron chi connectivity index (χ3n) is 4.79. The molecule has 1 aliphatic heterocycles. The summed E-state index contributed by atoms with van der Waals surface area (Å²) in [7, 11) is 0. The van der Waals surface area contributed by atoms with E-state index in [1.165, 1.54) is 12.1 Å². The number of benzene rings is 1. The van der Waals surface area contributed by atoms with Crippen LogP contribution in [-0.2, 0) is 6.54 Å². The molecule has 1 N–H and O–H groups in total. The summed E-state index contributed by atoms with van der Waals surface area (Å²) in [5.74, 6) is 1.35. The highest BCUT2D eigenvalue weighted by atomic mass is 19.1. The molecule has 0 radical (unpaired) electrons. The number of rotatable bonds is 5. The minimum absolute atomic E-state index is 0.207. The second-order valence-corrected chi connectivity index (χ2v) is 6.86. The van der Waals surface area contributed by atoms with Crippen molar-refractivity contribution in [3.05, 3.63) is 71.9 Å². The third-order valence-corrected chi connectivity index (χ3v) is 4.79. The topological polar surface area (TPSA) is 57.2 Å². The summed E-state index contributed by atoms with van der Waals surface area (Å²) in [6, 6.07) is 12.6. The molecule has 0 saturated carbocycles. The molecule has 1 aromatic carbocycles. The van der Waals surface area contributed by atoms with Crippen LogP contribution in [0.1, 0.15) is 11.3 Å². The van der Waals surface area contributed by atoms with Crippen molar-refractivity contribution in [2.75, 3.05) is 41.3 Å². The molecule has 28 heavy (non-hydrogen) atoms. The first kappa shape index (κ1) is 18.2. The number of anilines is 3. The van der Waals surface area contributed by atoms with Gasteiger partial charge in [0.25, 0.3) is 0 Å². The van der Waals surface area contributed by atoms with Crippen LogP contribution in [0.2, 0.25) is 0 Å². The van der Waals surface area contributed by atoms with Gasteiger partial charge in [-0.15, -0.1) is 0 Å². The number of halogens is 1. The van der Waals surface area contributed by atoms with Crippen LogP contribution in [0.3, 0.4) is 0 Å². The molecule has 0 unspecified atom stereocenters. The lowest BCUT2D eigenvalue weighted by atomic mass is 10.2. The molecule has 7 heteroatoms. The highest BCUT2D eigenvalue weighted by molar-refractivity contribution is 5.49. The lowest BCUT2D eigenvalue weighted by Crippen LogP contribution is -2.47. The highest BCUT2D eigenvalue weighted by Crippen LogP contribution is 2.20. The molecule has 1 saturated heterocycles. The summed E-state index contributed by atoms with van der Waals surface area (Å²) in [6.45, 7) is 5.99. The van der Waals surface area contributed by atoms with E-state index >= 15 is 0 Å². The predicted molar refractivity (Wildman–Crippen MR) is 109 cm³/mol. The zero-order valence-electron chi connectivity index (χ0n) is 15.8. The summed E-state index contributed by atoms with van der Waals surface area (Å²) in [6.07, 6.45) is 3.61. The summed E-state index contributed by atoms with van der Waals surface area (Å²) in [5, 5.41) is 3.36. The van der Waals surface area contributed by atoms with Crippen LogP contribution in [0.5, 0.6) is 0 Å². The normalized spacial score (nSPS) is 14.2. The van der Waals surface area contributed by atoms with Gasteiger partial charge in [-0.2, -0.15) is 4.98 Å². The molecule has 0 amide bonds. The minimum atomic E-state index is -0.207. The average molecular weight is 378 g/mol. The van der Waals surface area contributed by atoms with Crippen molar-refractivity contribution < 1.29 is 4.39 Å².